The third-order valence-corrected chi connectivity index (χ3v) is 8.80. The van der Waals surface area contributed by atoms with Crippen LogP contribution in [-0.2, 0) is 25.7 Å². The first-order valence-electron chi connectivity index (χ1n) is 11.6. The van der Waals surface area contributed by atoms with E-state index >= 15 is 0 Å². The van der Waals surface area contributed by atoms with Gasteiger partial charge in [0.1, 0.15) is 10.0 Å². The Morgan fingerprint density at radius 3 is 1.44 bits per heavy atom. The number of primary amides is 2. The summed E-state index contributed by atoms with van der Waals surface area (Å²) in [6.07, 6.45) is 11.8. The Labute approximate surface area is 206 Å². The molecule has 5 rings (SSSR count). The van der Waals surface area contributed by atoms with Gasteiger partial charge < -0.3 is 11.5 Å². The van der Waals surface area contributed by atoms with Crippen LogP contribution in [0, 0.1) is 0 Å². The van der Waals surface area contributed by atoms with Crippen LogP contribution in [0.1, 0.15) is 78.4 Å². The lowest BCUT2D eigenvalue weighted by molar-refractivity contribution is 0.0991. The number of rotatable bonds is 6. The largest absolute Gasteiger partial charge is 0.365 e. The molecule has 174 valence electrons. The van der Waals surface area contributed by atoms with Gasteiger partial charge in [0, 0.05) is 22.2 Å². The lowest BCUT2D eigenvalue weighted by Gasteiger charge is -2.10. The monoisotopic (exact) mass is 490 g/mol. The molecule has 2 amide bonds. The second-order valence-corrected chi connectivity index (χ2v) is 10.9. The summed E-state index contributed by atoms with van der Waals surface area (Å²) < 4.78 is 0. The number of carbonyl (C=O) groups excluding carboxylic acids is 2. The highest BCUT2D eigenvalue weighted by molar-refractivity contribution is 7.16. The number of amides is 2. The van der Waals surface area contributed by atoms with E-state index in [9.17, 15) is 9.59 Å². The van der Waals surface area contributed by atoms with Gasteiger partial charge in [-0.05, 0) is 73.6 Å². The second kappa shape index (κ2) is 9.64. The highest BCUT2D eigenvalue weighted by Crippen LogP contribution is 2.40. The van der Waals surface area contributed by atoms with Crippen molar-refractivity contribution in [3.05, 3.63) is 67.4 Å². The number of fused-ring (bicyclic) bond motifs is 2. The van der Waals surface area contributed by atoms with Gasteiger partial charge in [-0.2, -0.15) is 0 Å². The minimum Gasteiger partial charge on any atom is -0.365 e. The first kappa shape index (κ1) is 22.7. The molecule has 2 heterocycles. The lowest BCUT2D eigenvalue weighted by Crippen LogP contribution is -2.14. The minimum absolute atomic E-state index is 0.399. The van der Waals surface area contributed by atoms with Crippen molar-refractivity contribution in [2.24, 2.45) is 21.5 Å². The maximum Gasteiger partial charge on any atom is 0.252 e. The first-order chi connectivity index (χ1) is 16.5. The van der Waals surface area contributed by atoms with E-state index in [0.717, 1.165) is 73.6 Å². The van der Waals surface area contributed by atoms with Crippen LogP contribution in [0.25, 0.3) is 0 Å². The summed E-state index contributed by atoms with van der Waals surface area (Å²) in [5, 5.41) is 1.40. The lowest BCUT2D eigenvalue weighted by atomic mass is 9.95. The molecule has 6 nitrogen and oxygen atoms in total. The second-order valence-electron chi connectivity index (χ2n) is 8.69. The molecule has 1 aromatic carbocycles. The van der Waals surface area contributed by atoms with Crippen molar-refractivity contribution in [3.8, 4) is 0 Å². The maximum atomic E-state index is 12.0. The Morgan fingerprint density at radius 2 is 1.06 bits per heavy atom. The van der Waals surface area contributed by atoms with Crippen LogP contribution in [-0.4, -0.2) is 24.2 Å². The molecule has 0 spiro atoms. The Hall–Kier alpha value is -3.10. The number of aryl methyl sites for hydroxylation is 2. The van der Waals surface area contributed by atoms with Gasteiger partial charge in [0.2, 0.25) is 0 Å². The summed E-state index contributed by atoms with van der Waals surface area (Å²) in [7, 11) is 0. The molecule has 0 unspecified atom stereocenters. The van der Waals surface area contributed by atoms with Crippen molar-refractivity contribution in [1.29, 1.82) is 0 Å². The van der Waals surface area contributed by atoms with E-state index in [-0.39, 0.29) is 0 Å². The predicted octanol–water partition coefficient (Wildman–Crippen LogP) is 5.27. The Bertz CT molecular complexity index is 1210. The number of nitrogens with two attached hydrogens (primary N) is 2. The molecule has 2 aliphatic rings. The average Bonchev–Trinajstić information content (AvgIpc) is 3.40. The summed E-state index contributed by atoms with van der Waals surface area (Å²) in [5.41, 5.74) is 16.5. The van der Waals surface area contributed by atoms with Gasteiger partial charge in [0.25, 0.3) is 11.8 Å². The molecule has 0 bridgehead atoms. The molecule has 34 heavy (non-hydrogen) atoms. The maximum absolute atomic E-state index is 12.0. The predicted molar refractivity (Wildman–Crippen MR) is 140 cm³/mol. The quantitative estimate of drug-likeness (QED) is 0.459. The smallest absolute Gasteiger partial charge is 0.252 e. The zero-order chi connectivity index (χ0) is 23.7. The molecule has 2 aromatic heterocycles. The topological polar surface area (TPSA) is 111 Å². The van der Waals surface area contributed by atoms with Crippen LogP contribution in [0.15, 0.2) is 34.3 Å². The van der Waals surface area contributed by atoms with E-state index in [2.05, 4.69) is 9.98 Å². The average molecular weight is 491 g/mol. The summed E-state index contributed by atoms with van der Waals surface area (Å²) >= 11 is 3.15. The Balaban J connectivity index is 1.35. The van der Waals surface area contributed by atoms with Crippen LogP contribution >= 0.6 is 22.7 Å². The third kappa shape index (κ3) is 4.48. The minimum atomic E-state index is -0.399. The van der Waals surface area contributed by atoms with Crippen molar-refractivity contribution in [1.82, 2.24) is 0 Å². The van der Waals surface area contributed by atoms with E-state index in [1.54, 1.807) is 35.1 Å². The Kier molecular flexibility index (Phi) is 6.43. The zero-order valence-corrected chi connectivity index (χ0v) is 20.4. The van der Waals surface area contributed by atoms with Gasteiger partial charge in [-0.1, -0.05) is 24.3 Å². The number of nitrogens with zero attached hydrogens (tertiary/aromatic N) is 2. The molecular weight excluding hydrogens is 464 g/mol. The number of carbonyl (C=O) groups is 2. The van der Waals surface area contributed by atoms with E-state index in [0.29, 0.717) is 21.1 Å². The third-order valence-electron chi connectivity index (χ3n) is 6.40. The molecule has 3 aromatic rings. The number of hydrogen-bond acceptors (Lipinski definition) is 6. The molecule has 0 saturated heterocycles. The number of benzene rings is 1. The summed E-state index contributed by atoms with van der Waals surface area (Å²) in [6, 6.07) is 7.82. The molecule has 0 aliphatic heterocycles. The van der Waals surface area contributed by atoms with Gasteiger partial charge in [-0.25, -0.2) is 9.98 Å². The van der Waals surface area contributed by atoms with Gasteiger partial charge in [0.15, 0.2) is 0 Å². The standard InChI is InChI=1S/C26H26N4O2S2/c27-23(31)21-17-5-1-3-7-19(17)33-25(21)29-13-15-9-11-16(12-10-15)14-30-26-22(24(28)32)18-6-2-4-8-20(18)34-26/h9-14H,1-8H2,(H2,27,31)(H2,28,32)/b29-13+,30-14+. The molecule has 4 N–H and O–H groups in total. The molecular formula is C26H26N4O2S2. The van der Waals surface area contributed by atoms with Crippen molar-refractivity contribution >= 4 is 56.9 Å². The molecule has 0 radical (unpaired) electrons. The summed E-state index contributed by atoms with van der Waals surface area (Å²) in [6.45, 7) is 0. The fourth-order valence-corrected chi connectivity index (χ4v) is 7.20. The number of hydrogen-bond donors (Lipinski definition) is 2. The van der Waals surface area contributed by atoms with E-state index in [1.165, 1.54) is 9.75 Å². The summed E-state index contributed by atoms with van der Waals surface area (Å²) in [4.78, 5) is 35.8. The van der Waals surface area contributed by atoms with Crippen LogP contribution < -0.4 is 11.5 Å². The highest BCUT2D eigenvalue weighted by Gasteiger charge is 2.24. The summed E-state index contributed by atoms with van der Waals surface area (Å²) in [5.74, 6) is -0.799. The van der Waals surface area contributed by atoms with Crippen molar-refractivity contribution < 1.29 is 9.59 Å². The normalized spacial score (nSPS) is 15.5. The number of aliphatic imine (C=N–C) groups is 2. The van der Waals surface area contributed by atoms with Crippen LogP contribution in [0.4, 0.5) is 10.0 Å². The van der Waals surface area contributed by atoms with Crippen molar-refractivity contribution in [3.63, 3.8) is 0 Å². The molecule has 8 heteroatoms. The molecule has 0 saturated carbocycles. The molecule has 2 aliphatic carbocycles. The zero-order valence-electron chi connectivity index (χ0n) is 18.8. The highest BCUT2D eigenvalue weighted by atomic mass is 32.1. The van der Waals surface area contributed by atoms with E-state index in [1.807, 2.05) is 24.3 Å². The first-order valence-corrected chi connectivity index (χ1v) is 13.2. The fraction of sp³-hybridized carbons (Fsp3) is 0.308. The van der Waals surface area contributed by atoms with Gasteiger partial charge in [-0.15, -0.1) is 22.7 Å². The van der Waals surface area contributed by atoms with Gasteiger partial charge in [0.05, 0.1) is 11.1 Å². The van der Waals surface area contributed by atoms with Crippen LogP contribution in [0.5, 0.6) is 0 Å². The number of thiophene rings is 2. The fourth-order valence-electron chi connectivity index (χ4n) is 4.73. The molecule has 0 atom stereocenters. The SMILES string of the molecule is NC(=O)c1c(/N=C/c2ccc(/C=N/c3sc4c(c3C(N)=O)CCCC4)cc2)sc2c1CCCC2. The van der Waals surface area contributed by atoms with E-state index in [4.69, 9.17) is 11.5 Å². The Morgan fingerprint density at radius 1 is 0.676 bits per heavy atom. The van der Waals surface area contributed by atoms with Gasteiger partial charge >= 0.3 is 0 Å². The van der Waals surface area contributed by atoms with Gasteiger partial charge in [-0.3, -0.25) is 9.59 Å². The van der Waals surface area contributed by atoms with Crippen molar-refractivity contribution in [2.75, 3.05) is 0 Å². The van der Waals surface area contributed by atoms with Crippen LogP contribution in [0.2, 0.25) is 0 Å². The van der Waals surface area contributed by atoms with Crippen LogP contribution in [0.3, 0.4) is 0 Å². The van der Waals surface area contributed by atoms with Crippen molar-refractivity contribution in [2.45, 2.75) is 51.4 Å². The van der Waals surface area contributed by atoms with E-state index < -0.39 is 11.8 Å². The molecule has 0 fully saturated rings.